The number of carbonyl (C=O) groups is 1. The molecule has 0 radical (unpaired) electrons. The zero-order valence-electron chi connectivity index (χ0n) is 21.7. The number of methoxy groups -OCH3 is 1. The van der Waals surface area contributed by atoms with E-state index in [0.717, 1.165) is 30.0 Å². The lowest BCUT2D eigenvalue weighted by atomic mass is 10.1. The van der Waals surface area contributed by atoms with Gasteiger partial charge in [-0.2, -0.15) is 4.98 Å². The van der Waals surface area contributed by atoms with E-state index < -0.39 is 0 Å². The van der Waals surface area contributed by atoms with Crippen molar-refractivity contribution in [2.45, 2.75) is 0 Å². The lowest BCUT2D eigenvalue weighted by Gasteiger charge is -2.25. The Labute approximate surface area is 217 Å². The zero-order valence-corrected chi connectivity index (χ0v) is 21.7. The summed E-state index contributed by atoms with van der Waals surface area (Å²) in [6.07, 6.45) is 7.68. The van der Waals surface area contributed by atoms with Crippen molar-refractivity contribution < 1.29 is 9.53 Å². The predicted molar refractivity (Wildman–Crippen MR) is 150 cm³/mol. The first kappa shape index (κ1) is 27.0. The second-order valence-electron chi connectivity index (χ2n) is 8.35. The summed E-state index contributed by atoms with van der Waals surface area (Å²) in [4.78, 5) is 33.8. The Morgan fingerprint density at radius 3 is 2.46 bits per heavy atom. The number of amides is 1. The van der Waals surface area contributed by atoms with Crippen LogP contribution in [0.3, 0.4) is 0 Å². The van der Waals surface area contributed by atoms with Gasteiger partial charge in [0.25, 0.3) is 0 Å². The van der Waals surface area contributed by atoms with Crippen LogP contribution in [0, 0.1) is 0 Å². The van der Waals surface area contributed by atoms with Crippen LogP contribution in [0.2, 0.25) is 0 Å². The minimum Gasteiger partial charge on any atom is -0.494 e. The standard InChI is InChI=1S/C27H32N8O2/c1-8-18-13-19(16-28-20(18)9-2)26-29-17-30-27(33-26)32-22-14-21(31-25(36)10-3)23(15-24(22)37-7)35(6)12-11-34(4)5/h8-10,13-17H,1-3,11-12H2,4-7H3,(H,31,36)(H,29,30,32,33). The third-order valence-electron chi connectivity index (χ3n) is 5.49. The monoisotopic (exact) mass is 500 g/mol. The predicted octanol–water partition coefficient (Wildman–Crippen LogP) is 4.09. The number of ether oxygens (including phenoxy) is 1. The minimum absolute atomic E-state index is 0.297. The average molecular weight is 501 g/mol. The lowest BCUT2D eigenvalue weighted by Crippen LogP contribution is -2.29. The third-order valence-corrected chi connectivity index (χ3v) is 5.49. The molecule has 37 heavy (non-hydrogen) atoms. The van der Waals surface area contributed by atoms with Crippen LogP contribution in [-0.2, 0) is 4.79 Å². The average Bonchev–Trinajstić information content (AvgIpc) is 2.91. The highest BCUT2D eigenvalue weighted by molar-refractivity contribution is 6.02. The van der Waals surface area contributed by atoms with Gasteiger partial charge in [0, 0.05) is 43.5 Å². The number of carbonyl (C=O) groups excluding carboxylic acids is 1. The molecule has 0 aliphatic carbocycles. The Bertz CT molecular complexity index is 1310. The molecule has 0 aliphatic heterocycles. The number of aromatic nitrogens is 4. The number of pyridine rings is 1. The summed E-state index contributed by atoms with van der Waals surface area (Å²) >= 11 is 0. The summed E-state index contributed by atoms with van der Waals surface area (Å²) in [5.74, 6) is 0.958. The van der Waals surface area contributed by atoms with E-state index in [-0.39, 0.29) is 5.91 Å². The van der Waals surface area contributed by atoms with Crippen LogP contribution in [0.1, 0.15) is 11.3 Å². The van der Waals surface area contributed by atoms with Crippen LogP contribution in [0.4, 0.5) is 23.0 Å². The maximum absolute atomic E-state index is 12.2. The molecule has 0 spiro atoms. The van der Waals surface area contributed by atoms with E-state index in [2.05, 4.69) is 55.2 Å². The van der Waals surface area contributed by atoms with Crippen LogP contribution in [0.5, 0.6) is 5.75 Å². The number of anilines is 4. The summed E-state index contributed by atoms with van der Waals surface area (Å²) in [6.45, 7) is 12.7. The van der Waals surface area contributed by atoms with E-state index >= 15 is 0 Å². The Morgan fingerprint density at radius 1 is 1.03 bits per heavy atom. The van der Waals surface area contributed by atoms with Gasteiger partial charge in [0.05, 0.1) is 29.9 Å². The molecule has 1 amide bonds. The van der Waals surface area contributed by atoms with Gasteiger partial charge < -0.3 is 25.2 Å². The van der Waals surface area contributed by atoms with Gasteiger partial charge in [-0.3, -0.25) is 9.78 Å². The first-order valence-electron chi connectivity index (χ1n) is 11.5. The van der Waals surface area contributed by atoms with Crippen molar-refractivity contribution in [3.05, 3.63) is 67.8 Å². The summed E-state index contributed by atoms with van der Waals surface area (Å²) < 4.78 is 5.66. The molecule has 0 atom stereocenters. The number of rotatable bonds is 12. The number of likely N-dealkylation sites (N-methyl/N-ethyl adjacent to an activating group) is 2. The van der Waals surface area contributed by atoms with Gasteiger partial charge in [0.15, 0.2) is 5.82 Å². The highest BCUT2D eigenvalue weighted by Gasteiger charge is 2.17. The highest BCUT2D eigenvalue weighted by atomic mass is 16.5. The molecule has 0 aliphatic rings. The Kier molecular flexibility index (Phi) is 9.06. The molecule has 10 heteroatoms. The SMILES string of the molecule is C=CC(=O)Nc1cc(Nc2ncnc(-c3cnc(C=C)c(C=C)c3)n2)c(OC)cc1N(C)CCN(C)C. The summed E-state index contributed by atoms with van der Waals surface area (Å²) in [5.41, 5.74) is 4.19. The number of benzene rings is 1. The zero-order chi connectivity index (χ0) is 26.9. The molecular formula is C27H32N8O2. The van der Waals surface area contributed by atoms with E-state index in [1.54, 1.807) is 31.5 Å². The maximum atomic E-state index is 12.2. The molecule has 192 valence electrons. The summed E-state index contributed by atoms with van der Waals surface area (Å²) in [7, 11) is 7.55. The van der Waals surface area contributed by atoms with Gasteiger partial charge in [-0.05, 0) is 38.4 Å². The number of nitrogens with one attached hydrogen (secondary N) is 2. The molecule has 3 rings (SSSR count). The Balaban J connectivity index is 1.99. The number of hydrogen-bond acceptors (Lipinski definition) is 9. The molecule has 3 aromatic rings. The van der Waals surface area contributed by atoms with Crippen LogP contribution in [0.25, 0.3) is 23.5 Å². The number of nitrogens with zero attached hydrogens (tertiary/aromatic N) is 6. The normalized spacial score (nSPS) is 10.5. The fourth-order valence-corrected chi connectivity index (χ4v) is 3.47. The van der Waals surface area contributed by atoms with Gasteiger partial charge in [-0.15, -0.1) is 0 Å². The molecule has 2 heterocycles. The quantitative estimate of drug-likeness (QED) is 0.355. The van der Waals surface area contributed by atoms with Crippen LogP contribution >= 0.6 is 0 Å². The van der Waals surface area contributed by atoms with E-state index in [4.69, 9.17) is 4.74 Å². The van der Waals surface area contributed by atoms with E-state index in [9.17, 15) is 4.79 Å². The molecule has 10 nitrogen and oxygen atoms in total. The van der Waals surface area contributed by atoms with Crippen molar-refractivity contribution in [3.8, 4) is 17.1 Å². The van der Waals surface area contributed by atoms with Crippen molar-refractivity contribution in [1.82, 2.24) is 24.8 Å². The third kappa shape index (κ3) is 6.77. The fourth-order valence-electron chi connectivity index (χ4n) is 3.47. The molecule has 0 saturated carbocycles. The molecular weight excluding hydrogens is 468 g/mol. The largest absolute Gasteiger partial charge is 0.494 e. The Morgan fingerprint density at radius 2 is 1.81 bits per heavy atom. The van der Waals surface area contributed by atoms with Gasteiger partial charge in [0.2, 0.25) is 11.9 Å². The van der Waals surface area contributed by atoms with E-state index in [1.807, 2.05) is 38.2 Å². The highest BCUT2D eigenvalue weighted by Crippen LogP contribution is 2.38. The van der Waals surface area contributed by atoms with Crippen molar-refractivity contribution in [2.24, 2.45) is 0 Å². The molecule has 2 aromatic heterocycles. The second kappa shape index (κ2) is 12.4. The maximum Gasteiger partial charge on any atom is 0.247 e. The fraction of sp³-hybridized carbons (Fsp3) is 0.222. The first-order chi connectivity index (χ1) is 17.8. The van der Waals surface area contributed by atoms with Gasteiger partial charge >= 0.3 is 0 Å². The molecule has 0 fully saturated rings. The first-order valence-corrected chi connectivity index (χ1v) is 11.5. The topological polar surface area (TPSA) is 108 Å². The van der Waals surface area contributed by atoms with Gasteiger partial charge in [-0.25, -0.2) is 9.97 Å². The molecule has 0 saturated heterocycles. The van der Waals surface area contributed by atoms with Crippen LogP contribution in [0.15, 0.2) is 56.5 Å². The summed E-state index contributed by atoms with van der Waals surface area (Å²) in [5, 5.41) is 6.07. The molecule has 1 aromatic carbocycles. The molecule has 0 unspecified atom stereocenters. The molecule has 2 N–H and O–H groups in total. The van der Waals surface area contributed by atoms with Crippen molar-refractivity contribution in [1.29, 1.82) is 0 Å². The summed E-state index contributed by atoms with van der Waals surface area (Å²) in [6, 6.07) is 5.52. The van der Waals surface area contributed by atoms with Gasteiger partial charge in [0.1, 0.15) is 12.1 Å². The van der Waals surface area contributed by atoms with Crippen LogP contribution < -0.4 is 20.3 Å². The van der Waals surface area contributed by atoms with Crippen molar-refractivity contribution >= 4 is 41.1 Å². The van der Waals surface area contributed by atoms with E-state index in [1.165, 1.54) is 12.4 Å². The minimum atomic E-state index is -0.325. The smallest absolute Gasteiger partial charge is 0.247 e. The van der Waals surface area contributed by atoms with Crippen molar-refractivity contribution in [3.63, 3.8) is 0 Å². The van der Waals surface area contributed by atoms with E-state index in [0.29, 0.717) is 34.5 Å². The Hall–Kier alpha value is -4.57. The molecule has 0 bridgehead atoms. The van der Waals surface area contributed by atoms with Crippen molar-refractivity contribution in [2.75, 3.05) is 56.9 Å². The number of hydrogen-bond donors (Lipinski definition) is 2. The lowest BCUT2D eigenvalue weighted by molar-refractivity contribution is -0.111. The van der Waals surface area contributed by atoms with Crippen LogP contribution in [-0.4, -0.2) is 72.1 Å². The second-order valence-corrected chi connectivity index (χ2v) is 8.35. The van der Waals surface area contributed by atoms with Gasteiger partial charge in [-0.1, -0.05) is 25.8 Å².